The Morgan fingerprint density at radius 1 is 1.02 bits per heavy atom. The third-order valence-corrected chi connectivity index (χ3v) is 5.87. The van der Waals surface area contributed by atoms with Gasteiger partial charge in [-0.25, -0.2) is 9.37 Å². The molecular weight excluding hydrogens is 544 g/mol. The molecule has 0 saturated carbocycles. The average molecular weight is 567 g/mol. The molecule has 0 bridgehead atoms. The van der Waals surface area contributed by atoms with Gasteiger partial charge < -0.3 is 24.7 Å². The summed E-state index contributed by atoms with van der Waals surface area (Å²) in [6.45, 7) is -0.104. The molecular formula is C28H22F4N6O3. The fraction of sp³-hybridized carbons (Fsp3) is 0.107. The van der Waals surface area contributed by atoms with Crippen molar-refractivity contribution in [1.82, 2.24) is 19.7 Å². The fourth-order valence-corrected chi connectivity index (χ4v) is 3.90. The van der Waals surface area contributed by atoms with Crippen LogP contribution in [0.15, 0.2) is 85.3 Å². The van der Waals surface area contributed by atoms with Crippen LogP contribution in [0.5, 0.6) is 11.6 Å². The molecule has 2 aromatic carbocycles. The van der Waals surface area contributed by atoms with Crippen LogP contribution >= 0.6 is 0 Å². The summed E-state index contributed by atoms with van der Waals surface area (Å²) in [4.78, 5) is 16.9. The number of nitrogens with one attached hydrogen (secondary N) is 3. The van der Waals surface area contributed by atoms with Gasteiger partial charge >= 0.3 is 6.18 Å². The van der Waals surface area contributed by atoms with Crippen molar-refractivity contribution >= 4 is 23.1 Å². The highest BCUT2D eigenvalue weighted by Gasteiger charge is 2.34. The number of methoxy groups -OCH3 is 1. The molecule has 5 aromatic rings. The third kappa shape index (κ3) is 6.46. The van der Waals surface area contributed by atoms with Crippen molar-refractivity contribution in [2.45, 2.75) is 12.8 Å². The van der Waals surface area contributed by atoms with Crippen LogP contribution in [-0.2, 0) is 12.8 Å². The van der Waals surface area contributed by atoms with E-state index < -0.39 is 23.5 Å². The number of rotatable bonds is 9. The monoisotopic (exact) mass is 566 g/mol. The molecule has 13 heteroatoms. The Balaban J connectivity index is 1.25. The van der Waals surface area contributed by atoms with E-state index in [1.807, 2.05) is 0 Å². The number of H-pyrrole nitrogens is 1. The number of ether oxygens (including phenoxy) is 2. The highest BCUT2D eigenvalue weighted by atomic mass is 19.4. The summed E-state index contributed by atoms with van der Waals surface area (Å²) in [5.41, 5.74) is 0.0713. The van der Waals surface area contributed by atoms with Crippen LogP contribution in [0, 0.1) is 5.82 Å². The van der Waals surface area contributed by atoms with E-state index in [1.165, 1.54) is 48.3 Å². The van der Waals surface area contributed by atoms with Crippen LogP contribution in [0.4, 0.5) is 34.8 Å². The second-order valence-corrected chi connectivity index (χ2v) is 8.70. The topological polar surface area (TPSA) is 106 Å². The van der Waals surface area contributed by atoms with Crippen LogP contribution in [0.2, 0.25) is 0 Å². The van der Waals surface area contributed by atoms with E-state index >= 15 is 0 Å². The van der Waals surface area contributed by atoms with Gasteiger partial charge in [-0.1, -0.05) is 0 Å². The van der Waals surface area contributed by atoms with E-state index in [2.05, 4.69) is 25.8 Å². The zero-order valence-corrected chi connectivity index (χ0v) is 21.4. The number of carbonyl (C=O) groups is 1. The Hall–Kier alpha value is -5.33. The third-order valence-electron chi connectivity index (χ3n) is 5.87. The predicted octanol–water partition coefficient (Wildman–Crippen LogP) is 6.34. The van der Waals surface area contributed by atoms with Gasteiger partial charge in [-0.15, -0.1) is 0 Å². The molecule has 0 fully saturated rings. The van der Waals surface area contributed by atoms with Crippen molar-refractivity contribution in [1.29, 1.82) is 0 Å². The van der Waals surface area contributed by atoms with Gasteiger partial charge in [-0.2, -0.15) is 18.3 Å². The van der Waals surface area contributed by atoms with E-state index in [9.17, 15) is 22.4 Å². The Morgan fingerprint density at radius 3 is 2.51 bits per heavy atom. The molecule has 0 atom stereocenters. The minimum atomic E-state index is -4.66. The molecule has 3 aromatic heterocycles. The summed E-state index contributed by atoms with van der Waals surface area (Å²) in [5, 5.41) is 12.4. The van der Waals surface area contributed by atoms with Crippen molar-refractivity contribution in [3.8, 4) is 17.3 Å². The van der Waals surface area contributed by atoms with Crippen LogP contribution in [0.1, 0.15) is 21.6 Å². The maximum absolute atomic E-state index is 14.4. The molecule has 0 saturated heterocycles. The molecule has 210 valence electrons. The van der Waals surface area contributed by atoms with Gasteiger partial charge in [0.15, 0.2) is 17.4 Å². The molecule has 3 N–H and O–H groups in total. The molecule has 0 aliphatic rings. The summed E-state index contributed by atoms with van der Waals surface area (Å²) >= 11 is 0. The van der Waals surface area contributed by atoms with E-state index in [0.29, 0.717) is 23.1 Å². The molecule has 41 heavy (non-hydrogen) atoms. The van der Waals surface area contributed by atoms with Crippen molar-refractivity contribution < 1.29 is 31.8 Å². The summed E-state index contributed by atoms with van der Waals surface area (Å²) in [6.07, 6.45) is -0.120. The summed E-state index contributed by atoms with van der Waals surface area (Å²) < 4.78 is 67.5. The maximum Gasteiger partial charge on any atom is 0.418 e. The number of carbonyl (C=O) groups excluding carboxylic acids is 1. The van der Waals surface area contributed by atoms with Gasteiger partial charge in [0, 0.05) is 35.8 Å². The van der Waals surface area contributed by atoms with E-state index in [0.717, 1.165) is 12.1 Å². The van der Waals surface area contributed by atoms with Crippen molar-refractivity contribution in [3.63, 3.8) is 0 Å². The lowest BCUT2D eigenvalue weighted by molar-refractivity contribution is -0.137. The Kier molecular flexibility index (Phi) is 7.59. The zero-order valence-electron chi connectivity index (χ0n) is 21.4. The van der Waals surface area contributed by atoms with Gasteiger partial charge in [0.2, 0.25) is 5.88 Å². The lowest BCUT2D eigenvalue weighted by Crippen LogP contribution is -2.15. The summed E-state index contributed by atoms with van der Waals surface area (Å²) in [7, 11) is 1.51. The molecule has 0 aliphatic carbocycles. The first-order chi connectivity index (χ1) is 19.7. The van der Waals surface area contributed by atoms with Gasteiger partial charge in [0.25, 0.3) is 5.91 Å². The van der Waals surface area contributed by atoms with Gasteiger partial charge in [0.05, 0.1) is 35.9 Å². The van der Waals surface area contributed by atoms with Crippen LogP contribution in [0.3, 0.4) is 0 Å². The number of aromatic amines is 1. The van der Waals surface area contributed by atoms with Crippen molar-refractivity contribution in [2.24, 2.45) is 0 Å². The number of anilines is 3. The SMILES string of the molecule is COc1ccc(Nc2cc(COc3cc(C(=O)Nc4ccc(-n5cccc5)c(C(F)(F)F)c4)ccc3F)[nH]n2)cn1. The summed E-state index contributed by atoms with van der Waals surface area (Å²) in [6, 6.07) is 15.2. The molecule has 0 spiro atoms. The number of amides is 1. The second kappa shape index (κ2) is 11.4. The number of pyridine rings is 1. The van der Waals surface area contributed by atoms with Crippen molar-refractivity contribution in [2.75, 3.05) is 17.7 Å². The molecule has 0 aliphatic heterocycles. The van der Waals surface area contributed by atoms with Gasteiger partial charge in [-0.3, -0.25) is 9.89 Å². The Labute approximate surface area is 230 Å². The lowest BCUT2D eigenvalue weighted by atomic mass is 10.1. The van der Waals surface area contributed by atoms with Gasteiger partial charge in [-0.05, 0) is 54.6 Å². The van der Waals surface area contributed by atoms with Crippen LogP contribution in [0.25, 0.3) is 5.69 Å². The predicted molar refractivity (Wildman–Crippen MR) is 142 cm³/mol. The lowest BCUT2D eigenvalue weighted by Gasteiger charge is -2.16. The summed E-state index contributed by atoms with van der Waals surface area (Å²) in [5.74, 6) is -0.761. The quantitative estimate of drug-likeness (QED) is 0.180. The average Bonchev–Trinajstić information content (AvgIpc) is 3.65. The first-order valence-electron chi connectivity index (χ1n) is 12.1. The minimum Gasteiger partial charge on any atom is -0.484 e. The molecule has 5 rings (SSSR count). The highest BCUT2D eigenvalue weighted by molar-refractivity contribution is 6.04. The van der Waals surface area contributed by atoms with Gasteiger partial charge in [0.1, 0.15) is 6.61 Å². The standard InChI is InChI=1S/C28H22F4N6O3/c1-40-26-9-6-19(15-33-26)34-25-14-20(36-37-25)16-41-24-12-17(4-7-22(24)29)27(39)35-18-5-8-23(38-10-2-3-11-38)21(13-18)28(30,31)32/h2-15H,16H2,1H3,(H,35,39)(H2,34,36,37). The molecule has 9 nitrogen and oxygen atoms in total. The second-order valence-electron chi connectivity index (χ2n) is 8.70. The number of halogens is 4. The largest absolute Gasteiger partial charge is 0.484 e. The number of nitrogens with zero attached hydrogens (tertiary/aromatic N) is 3. The number of hydrogen-bond acceptors (Lipinski definition) is 6. The van der Waals surface area contributed by atoms with Crippen molar-refractivity contribution in [3.05, 3.63) is 108 Å². The first-order valence-corrected chi connectivity index (χ1v) is 12.1. The fourth-order valence-electron chi connectivity index (χ4n) is 3.90. The normalized spacial score (nSPS) is 11.2. The van der Waals surface area contributed by atoms with E-state index in [4.69, 9.17) is 9.47 Å². The van der Waals surface area contributed by atoms with Crippen LogP contribution in [-0.4, -0.2) is 32.8 Å². The Morgan fingerprint density at radius 2 is 1.80 bits per heavy atom. The maximum atomic E-state index is 14.4. The minimum absolute atomic E-state index is 0.0107. The number of alkyl halides is 3. The number of hydrogen-bond donors (Lipinski definition) is 3. The smallest absolute Gasteiger partial charge is 0.418 e. The zero-order chi connectivity index (χ0) is 29.0. The molecule has 0 unspecified atom stereocenters. The number of aromatic nitrogens is 4. The Bertz CT molecular complexity index is 1650. The number of benzene rings is 2. The van der Waals surface area contributed by atoms with E-state index in [1.54, 1.807) is 36.5 Å². The first kappa shape index (κ1) is 27.2. The molecule has 3 heterocycles. The van der Waals surface area contributed by atoms with Crippen LogP contribution < -0.4 is 20.1 Å². The molecule has 0 radical (unpaired) electrons. The highest BCUT2D eigenvalue weighted by Crippen LogP contribution is 2.36. The molecule has 1 amide bonds. The van der Waals surface area contributed by atoms with E-state index in [-0.39, 0.29) is 29.3 Å².